The number of amides is 3. The number of hydrogen-bond donors (Lipinski definition) is 1. The maximum Gasteiger partial charge on any atom is 0.319 e. The summed E-state index contributed by atoms with van der Waals surface area (Å²) in [6.07, 6.45) is 1.65. The van der Waals surface area contributed by atoms with Gasteiger partial charge in [-0.1, -0.05) is 13.8 Å². The molecule has 0 aromatic heterocycles. The van der Waals surface area contributed by atoms with E-state index in [4.69, 9.17) is 4.84 Å². The van der Waals surface area contributed by atoms with Gasteiger partial charge in [-0.15, -0.1) is 0 Å². The van der Waals surface area contributed by atoms with Gasteiger partial charge in [0.05, 0.1) is 12.5 Å². The van der Waals surface area contributed by atoms with Gasteiger partial charge in [0, 0.05) is 27.2 Å². The lowest BCUT2D eigenvalue weighted by atomic mass is 9.98. The Bertz CT molecular complexity index is 318. The Morgan fingerprint density at radius 3 is 2.68 bits per heavy atom. The Kier molecular flexibility index (Phi) is 6.08. The molecule has 1 aliphatic rings. The van der Waals surface area contributed by atoms with E-state index in [-0.39, 0.29) is 17.9 Å². The molecule has 1 heterocycles. The SMILES string of the molecule is CC(C)CONC(=O)C1CCCN(C(=O)N(C)C)C1. The van der Waals surface area contributed by atoms with Gasteiger partial charge in [-0.05, 0) is 18.8 Å². The second-order valence-electron chi connectivity index (χ2n) is 5.63. The fourth-order valence-corrected chi connectivity index (χ4v) is 2.01. The van der Waals surface area contributed by atoms with Crippen LogP contribution >= 0.6 is 0 Å². The van der Waals surface area contributed by atoms with E-state index in [9.17, 15) is 9.59 Å². The third-order valence-electron chi connectivity index (χ3n) is 3.03. The van der Waals surface area contributed by atoms with Gasteiger partial charge in [0.1, 0.15) is 0 Å². The summed E-state index contributed by atoms with van der Waals surface area (Å²) in [7, 11) is 3.44. The molecule has 1 saturated heterocycles. The lowest BCUT2D eigenvalue weighted by Gasteiger charge is -2.33. The summed E-state index contributed by atoms with van der Waals surface area (Å²) in [6.45, 7) is 5.72. The molecule has 1 fully saturated rings. The molecule has 6 heteroatoms. The Morgan fingerprint density at radius 2 is 2.11 bits per heavy atom. The molecule has 19 heavy (non-hydrogen) atoms. The summed E-state index contributed by atoms with van der Waals surface area (Å²) < 4.78 is 0. The van der Waals surface area contributed by atoms with E-state index in [0.717, 1.165) is 12.8 Å². The minimum absolute atomic E-state index is 0.0411. The summed E-state index contributed by atoms with van der Waals surface area (Å²) in [5.41, 5.74) is 2.48. The number of urea groups is 1. The standard InChI is InChI=1S/C13H25N3O3/c1-10(2)9-19-14-12(17)11-6-5-7-16(8-11)13(18)15(3)4/h10-11H,5-9H2,1-4H3,(H,14,17). The maximum absolute atomic E-state index is 11.9. The largest absolute Gasteiger partial charge is 0.331 e. The first-order chi connectivity index (χ1) is 8.91. The normalized spacial score (nSPS) is 19.4. The smallest absolute Gasteiger partial charge is 0.319 e. The van der Waals surface area contributed by atoms with Crippen LogP contribution in [0.1, 0.15) is 26.7 Å². The van der Waals surface area contributed by atoms with Crippen molar-refractivity contribution in [2.24, 2.45) is 11.8 Å². The summed E-state index contributed by atoms with van der Waals surface area (Å²) in [5.74, 6) is 0.0696. The maximum atomic E-state index is 11.9. The zero-order valence-electron chi connectivity index (χ0n) is 12.3. The van der Waals surface area contributed by atoms with Crippen LogP contribution in [0.3, 0.4) is 0 Å². The van der Waals surface area contributed by atoms with Crippen molar-refractivity contribution in [3.63, 3.8) is 0 Å². The van der Waals surface area contributed by atoms with Crippen molar-refractivity contribution in [1.82, 2.24) is 15.3 Å². The summed E-state index contributed by atoms with van der Waals surface area (Å²) in [5, 5.41) is 0. The first-order valence-corrected chi connectivity index (χ1v) is 6.79. The van der Waals surface area contributed by atoms with Crippen LogP contribution in [0, 0.1) is 11.8 Å². The number of carbonyl (C=O) groups excluding carboxylic acids is 2. The van der Waals surface area contributed by atoms with E-state index in [1.54, 1.807) is 19.0 Å². The van der Waals surface area contributed by atoms with Crippen molar-refractivity contribution < 1.29 is 14.4 Å². The first-order valence-electron chi connectivity index (χ1n) is 6.79. The predicted molar refractivity (Wildman–Crippen MR) is 72.3 cm³/mol. The second kappa shape index (κ2) is 7.33. The molecule has 0 aromatic carbocycles. The number of hydrogen-bond acceptors (Lipinski definition) is 3. The quantitative estimate of drug-likeness (QED) is 0.778. The van der Waals surface area contributed by atoms with Crippen LogP contribution in [0.15, 0.2) is 0 Å². The molecule has 1 atom stereocenters. The molecule has 1 aliphatic heterocycles. The minimum atomic E-state index is -0.176. The van der Waals surface area contributed by atoms with Crippen molar-refractivity contribution in [3.05, 3.63) is 0 Å². The summed E-state index contributed by atoms with van der Waals surface area (Å²) >= 11 is 0. The topological polar surface area (TPSA) is 61.9 Å². The highest BCUT2D eigenvalue weighted by Crippen LogP contribution is 2.17. The average Bonchev–Trinajstić information content (AvgIpc) is 2.37. The molecule has 1 rings (SSSR count). The average molecular weight is 271 g/mol. The van der Waals surface area contributed by atoms with Crippen LogP contribution in [0.25, 0.3) is 0 Å². The molecular weight excluding hydrogens is 246 g/mol. The van der Waals surface area contributed by atoms with E-state index in [0.29, 0.717) is 25.6 Å². The lowest BCUT2D eigenvalue weighted by Crippen LogP contribution is -2.48. The van der Waals surface area contributed by atoms with E-state index in [1.165, 1.54) is 4.90 Å². The van der Waals surface area contributed by atoms with E-state index in [1.807, 2.05) is 13.8 Å². The van der Waals surface area contributed by atoms with Crippen LogP contribution in [0.4, 0.5) is 4.79 Å². The number of rotatable bonds is 4. The molecule has 0 saturated carbocycles. The molecule has 110 valence electrons. The highest BCUT2D eigenvalue weighted by atomic mass is 16.6. The van der Waals surface area contributed by atoms with Gasteiger partial charge < -0.3 is 9.80 Å². The number of hydroxylamine groups is 1. The van der Waals surface area contributed by atoms with Gasteiger partial charge >= 0.3 is 6.03 Å². The number of nitrogens with zero attached hydrogens (tertiary/aromatic N) is 2. The summed E-state index contributed by atoms with van der Waals surface area (Å²) in [4.78, 5) is 32.2. The Balaban J connectivity index is 2.41. The minimum Gasteiger partial charge on any atom is -0.331 e. The highest BCUT2D eigenvalue weighted by Gasteiger charge is 2.29. The predicted octanol–water partition coefficient (Wildman–Crippen LogP) is 1.08. The van der Waals surface area contributed by atoms with E-state index >= 15 is 0 Å². The Labute approximate surface area is 115 Å². The molecule has 0 spiro atoms. The van der Waals surface area contributed by atoms with E-state index in [2.05, 4.69) is 5.48 Å². The molecule has 0 radical (unpaired) electrons. The molecule has 0 bridgehead atoms. The van der Waals surface area contributed by atoms with Crippen molar-refractivity contribution >= 4 is 11.9 Å². The first kappa shape index (κ1) is 15.8. The van der Waals surface area contributed by atoms with Crippen molar-refractivity contribution in [3.8, 4) is 0 Å². The van der Waals surface area contributed by atoms with Gasteiger partial charge in [0.25, 0.3) is 0 Å². The van der Waals surface area contributed by atoms with Crippen molar-refractivity contribution in [2.45, 2.75) is 26.7 Å². The molecule has 0 aliphatic carbocycles. The zero-order valence-corrected chi connectivity index (χ0v) is 12.3. The second-order valence-corrected chi connectivity index (χ2v) is 5.63. The third-order valence-corrected chi connectivity index (χ3v) is 3.03. The number of piperidine rings is 1. The van der Waals surface area contributed by atoms with E-state index < -0.39 is 0 Å². The fraction of sp³-hybridized carbons (Fsp3) is 0.846. The number of likely N-dealkylation sites (tertiary alicyclic amines) is 1. The van der Waals surface area contributed by atoms with Crippen LogP contribution in [0.5, 0.6) is 0 Å². The van der Waals surface area contributed by atoms with Gasteiger partial charge in [0.2, 0.25) is 5.91 Å². The van der Waals surface area contributed by atoms with Gasteiger partial charge in [-0.2, -0.15) is 0 Å². The van der Waals surface area contributed by atoms with Crippen molar-refractivity contribution in [2.75, 3.05) is 33.8 Å². The van der Waals surface area contributed by atoms with Gasteiger partial charge in [0.15, 0.2) is 0 Å². The monoisotopic (exact) mass is 271 g/mol. The molecule has 0 aromatic rings. The van der Waals surface area contributed by atoms with Gasteiger partial charge in [-0.3, -0.25) is 9.63 Å². The van der Waals surface area contributed by atoms with Crippen LogP contribution in [-0.2, 0) is 9.63 Å². The number of carbonyl (C=O) groups is 2. The van der Waals surface area contributed by atoms with Crippen molar-refractivity contribution in [1.29, 1.82) is 0 Å². The molecule has 3 amide bonds. The third kappa shape index (κ3) is 5.06. The molecule has 6 nitrogen and oxygen atoms in total. The van der Waals surface area contributed by atoms with Crippen LogP contribution < -0.4 is 5.48 Å². The molecular formula is C13H25N3O3. The molecule has 1 unspecified atom stereocenters. The lowest BCUT2D eigenvalue weighted by molar-refractivity contribution is -0.140. The summed E-state index contributed by atoms with van der Waals surface area (Å²) in [6, 6.07) is -0.0411. The molecule has 1 N–H and O–H groups in total. The van der Waals surface area contributed by atoms with Crippen LogP contribution in [-0.4, -0.2) is 55.5 Å². The van der Waals surface area contributed by atoms with Crippen LogP contribution in [0.2, 0.25) is 0 Å². The Hall–Kier alpha value is -1.30. The fourth-order valence-electron chi connectivity index (χ4n) is 2.01. The zero-order chi connectivity index (χ0) is 14.4. The highest BCUT2D eigenvalue weighted by molar-refractivity contribution is 5.80. The Morgan fingerprint density at radius 1 is 1.42 bits per heavy atom. The van der Waals surface area contributed by atoms with Gasteiger partial charge in [-0.25, -0.2) is 10.3 Å². The number of nitrogens with one attached hydrogen (secondary N) is 1.